The highest BCUT2D eigenvalue weighted by Crippen LogP contribution is 2.50. The molecule has 1 fully saturated rings. The molecular weight excluding hydrogens is 463 g/mol. The van der Waals surface area contributed by atoms with Gasteiger partial charge >= 0.3 is 6.03 Å². The second kappa shape index (κ2) is 9.46. The fourth-order valence-electron chi connectivity index (χ4n) is 5.87. The number of methoxy groups -OCH3 is 1. The molecule has 190 valence electrons. The zero-order valence-electron chi connectivity index (χ0n) is 20.5. The fourth-order valence-corrected chi connectivity index (χ4v) is 5.87. The number of H-pyrrole nitrogens is 1. The minimum atomic E-state index is -0.475. The summed E-state index contributed by atoms with van der Waals surface area (Å²) in [4.78, 5) is 32.7. The Balaban J connectivity index is 1.49. The maximum atomic E-state index is 14.1. The van der Waals surface area contributed by atoms with Gasteiger partial charge < -0.3 is 29.9 Å². The molecule has 1 aromatic heterocycles. The standard InChI is InChI=1S/C27H31FN4O4/c1-17(34)32-16-27(10-12-31(13-11-27)26(35)30-21-6-4-3-5-20(21)28)24-19-8-7-18(36-2)15-22(19)29-25(24)23(32)9-14-33/h3-8,15,23,29,33H,9-14,16H2,1-2H3,(H,30,35). The number of para-hydroxylation sites is 1. The second-order valence-electron chi connectivity index (χ2n) is 9.68. The molecule has 0 saturated carbocycles. The van der Waals surface area contributed by atoms with Crippen LogP contribution in [0.25, 0.3) is 10.9 Å². The molecule has 1 atom stereocenters. The highest BCUT2D eigenvalue weighted by Gasteiger charge is 2.48. The summed E-state index contributed by atoms with van der Waals surface area (Å²) in [5.74, 6) is 0.212. The fraction of sp³-hybridized carbons (Fsp3) is 0.407. The number of anilines is 1. The number of aromatic amines is 1. The Morgan fingerprint density at radius 2 is 1.97 bits per heavy atom. The molecule has 3 aromatic rings. The third-order valence-corrected chi connectivity index (χ3v) is 7.68. The number of carbonyl (C=O) groups excluding carboxylic acids is 2. The van der Waals surface area contributed by atoms with Crippen LogP contribution < -0.4 is 10.1 Å². The lowest BCUT2D eigenvalue weighted by atomic mass is 9.68. The van der Waals surface area contributed by atoms with Crippen molar-refractivity contribution in [1.29, 1.82) is 0 Å². The highest BCUT2D eigenvalue weighted by molar-refractivity contribution is 5.90. The topological polar surface area (TPSA) is 97.9 Å². The Labute approximate surface area is 209 Å². The number of fused-ring (bicyclic) bond motifs is 4. The molecule has 1 saturated heterocycles. The summed E-state index contributed by atoms with van der Waals surface area (Å²) in [7, 11) is 1.62. The van der Waals surface area contributed by atoms with Crippen LogP contribution in [0.3, 0.4) is 0 Å². The third-order valence-electron chi connectivity index (χ3n) is 7.68. The van der Waals surface area contributed by atoms with E-state index >= 15 is 0 Å². The lowest BCUT2D eigenvalue weighted by molar-refractivity contribution is -0.134. The number of amides is 3. The Bertz CT molecular complexity index is 1300. The van der Waals surface area contributed by atoms with E-state index in [-0.39, 0.29) is 35.7 Å². The van der Waals surface area contributed by atoms with Gasteiger partial charge in [-0.15, -0.1) is 0 Å². The van der Waals surface area contributed by atoms with Gasteiger partial charge in [0.2, 0.25) is 5.91 Å². The van der Waals surface area contributed by atoms with Crippen molar-refractivity contribution in [3.8, 4) is 5.75 Å². The van der Waals surface area contributed by atoms with Gasteiger partial charge in [-0.05, 0) is 49.1 Å². The summed E-state index contributed by atoms with van der Waals surface area (Å²) >= 11 is 0. The molecular formula is C27H31FN4O4. The van der Waals surface area contributed by atoms with Crippen molar-refractivity contribution in [2.24, 2.45) is 0 Å². The summed E-state index contributed by atoms with van der Waals surface area (Å²) in [6, 6.07) is 11.4. The normalized spacial score (nSPS) is 18.8. The Hall–Kier alpha value is -3.59. The van der Waals surface area contributed by atoms with Gasteiger partial charge in [0.15, 0.2) is 0 Å². The summed E-state index contributed by atoms with van der Waals surface area (Å²) < 4.78 is 19.5. The molecule has 36 heavy (non-hydrogen) atoms. The maximum Gasteiger partial charge on any atom is 0.321 e. The number of carbonyl (C=O) groups is 2. The quantitative estimate of drug-likeness (QED) is 0.507. The van der Waals surface area contributed by atoms with Crippen LogP contribution in [0.2, 0.25) is 0 Å². The van der Waals surface area contributed by atoms with E-state index in [1.165, 1.54) is 6.07 Å². The molecule has 0 radical (unpaired) electrons. The number of likely N-dealkylation sites (tertiary alicyclic amines) is 1. The van der Waals surface area contributed by atoms with Crippen molar-refractivity contribution in [3.63, 3.8) is 0 Å². The lowest BCUT2D eigenvalue weighted by Gasteiger charge is -2.50. The van der Waals surface area contributed by atoms with Crippen LogP contribution in [0, 0.1) is 5.82 Å². The first kappa shape index (κ1) is 24.1. The van der Waals surface area contributed by atoms with Crippen molar-refractivity contribution in [1.82, 2.24) is 14.8 Å². The largest absolute Gasteiger partial charge is 0.497 e. The molecule has 8 nitrogen and oxygen atoms in total. The first-order chi connectivity index (χ1) is 17.4. The van der Waals surface area contributed by atoms with Gasteiger partial charge in [0.1, 0.15) is 11.6 Å². The number of hydrogen-bond acceptors (Lipinski definition) is 4. The van der Waals surface area contributed by atoms with Crippen LogP contribution in [0.1, 0.15) is 43.5 Å². The van der Waals surface area contributed by atoms with Crippen LogP contribution in [-0.2, 0) is 10.2 Å². The number of aliphatic hydroxyl groups is 1. The monoisotopic (exact) mass is 494 g/mol. The molecule has 3 heterocycles. The maximum absolute atomic E-state index is 14.1. The zero-order chi connectivity index (χ0) is 25.4. The van der Waals surface area contributed by atoms with E-state index in [0.717, 1.165) is 27.9 Å². The summed E-state index contributed by atoms with van der Waals surface area (Å²) in [6.07, 6.45) is 1.74. The van der Waals surface area contributed by atoms with Crippen molar-refractivity contribution < 1.29 is 23.8 Å². The average Bonchev–Trinajstić information content (AvgIpc) is 3.27. The van der Waals surface area contributed by atoms with Crippen molar-refractivity contribution >= 4 is 28.5 Å². The van der Waals surface area contributed by atoms with Crippen LogP contribution in [0.15, 0.2) is 42.5 Å². The molecule has 1 unspecified atom stereocenters. The number of piperidine rings is 1. The smallest absolute Gasteiger partial charge is 0.321 e. The van der Waals surface area contributed by atoms with E-state index in [4.69, 9.17) is 4.74 Å². The number of nitrogens with one attached hydrogen (secondary N) is 2. The molecule has 2 aliphatic rings. The molecule has 0 bridgehead atoms. The number of aromatic nitrogens is 1. The van der Waals surface area contributed by atoms with Gasteiger partial charge in [0.25, 0.3) is 0 Å². The first-order valence-corrected chi connectivity index (χ1v) is 12.3. The highest BCUT2D eigenvalue weighted by atomic mass is 19.1. The van der Waals surface area contributed by atoms with E-state index < -0.39 is 5.82 Å². The summed E-state index contributed by atoms with van der Waals surface area (Å²) in [5, 5.41) is 13.5. The lowest BCUT2D eigenvalue weighted by Crippen LogP contribution is -2.55. The van der Waals surface area contributed by atoms with Gasteiger partial charge in [-0.3, -0.25) is 4.79 Å². The summed E-state index contributed by atoms with van der Waals surface area (Å²) in [5.41, 5.74) is 2.83. The molecule has 3 N–H and O–H groups in total. The van der Waals surface area contributed by atoms with Gasteiger partial charge in [-0.25, -0.2) is 9.18 Å². The van der Waals surface area contributed by atoms with Crippen LogP contribution in [0.4, 0.5) is 14.9 Å². The Morgan fingerprint density at radius 1 is 1.22 bits per heavy atom. The predicted molar refractivity (Wildman–Crippen MR) is 135 cm³/mol. The van der Waals surface area contributed by atoms with Gasteiger partial charge in [-0.1, -0.05) is 12.1 Å². The molecule has 0 aliphatic carbocycles. The Kier molecular flexibility index (Phi) is 6.34. The van der Waals surface area contributed by atoms with Crippen LogP contribution >= 0.6 is 0 Å². The molecule has 1 spiro atoms. The SMILES string of the molecule is COc1ccc2c3c([nH]c2c1)C(CCO)N(C(C)=O)CC31CCN(C(=O)Nc2ccccc2F)CC1. The van der Waals surface area contributed by atoms with Crippen LogP contribution in [0.5, 0.6) is 5.75 Å². The molecule has 2 aromatic carbocycles. The zero-order valence-corrected chi connectivity index (χ0v) is 20.5. The number of aliphatic hydroxyl groups excluding tert-OH is 1. The Morgan fingerprint density at radius 3 is 2.64 bits per heavy atom. The van der Waals surface area contributed by atoms with E-state index in [0.29, 0.717) is 38.9 Å². The van der Waals surface area contributed by atoms with Crippen molar-refractivity contribution in [3.05, 3.63) is 59.5 Å². The van der Waals surface area contributed by atoms with Crippen molar-refractivity contribution in [2.75, 3.05) is 38.7 Å². The number of benzene rings is 2. The molecule has 2 aliphatic heterocycles. The number of nitrogens with zero attached hydrogens (tertiary/aromatic N) is 2. The van der Waals surface area contributed by atoms with E-state index in [1.807, 2.05) is 23.1 Å². The average molecular weight is 495 g/mol. The van der Waals surface area contributed by atoms with Gasteiger partial charge in [0, 0.05) is 61.2 Å². The van der Waals surface area contributed by atoms with E-state index in [9.17, 15) is 19.1 Å². The molecule has 9 heteroatoms. The van der Waals surface area contributed by atoms with Gasteiger partial charge in [0.05, 0.1) is 18.8 Å². The first-order valence-electron chi connectivity index (χ1n) is 12.3. The number of halogens is 1. The number of urea groups is 1. The van der Waals surface area contributed by atoms with Crippen LogP contribution in [-0.4, -0.2) is 65.2 Å². The number of ether oxygens (including phenoxy) is 1. The van der Waals surface area contributed by atoms with Gasteiger partial charge in [-0.2, -0.15) is 0 Å². The summed E-state index contributed by atoms with van der Waals surface area (Å²) in [6.45, 7) is 2.98. The van der Waals surface area contributed by atoms with Crippen molar-refractivity contribution in [2.45, 2.75) is 37.6 Å². The second-order valence-corrected chi connectivity index (χ2v) is 9.68. The molecule has 3 amide bonds. The predicted octanol–water partition coefficient (Wildman–Crippen LogP) is 4.17. The van der Waals surface area contributed by atoms with E-state index in [1.54, 1.807) is 37.1 Å². The third kappa shape index (κ3) is 4.07. The molecule has 5 rings (SSSR count). The minimum absolute atomic E-state index is 0.0381. The minimum Gasteiger partial charge on any atom is -0.497 e. The van der Waals surface area contributed by atoms with E-state index in [2.05, 4.69) is 10.3 Å². The number of hydrogen-bond donors (Lipinski definition) is 3. The number of rotatable bonds is 4.